The first kappa shape index (κ1) is 22.5. The Balaban J connectivity index is 2.38. The van der Waals surface area contributed by atoms with Gasteiger partial charge in [-0.15, -0.1) is 0 Å². The van der Waals surface area contributed by atoms with Gasteiger partial charge in [0.1, 0.15) is 21.6 Å². The molecule has 1 atom stereocenters. The molecule has 7 heteroatoms. The second-order valence-corrected chi connectivity index (χ2v) is 9.94. The van der Waals surface area contributed by atoms with Crippen molar-refractivity contribution in [3.05, 3.63) is 62.7 Å². The summed E-state index contributed by atoms with van der Waals surface area (Å²) in [4.78, 5) is 0.636. The monoisotopic (exact) mass is 465 g/mol. The quantitative estimate of drug-likeness (QED) is 0.493. The number of methoxy groups -OCH3 is 1. The van der Waals surface area contributed by atoms with E-state index in [2.05, 4.69) is 36.7 Å². The van der Waals surface area contributed by atoms with Crippen LogP contribution in [0.25, 0.3) is 0 Å². The van der Waals surface area contributed by atoms with Gasteiger partial charge in [-0.2, -0.15) is 0 Å². The highest BCUT2D eigenvalue weighted by molar-refractivity contribution is 9.10. The van der Waals surface area contributed by atoms with Gasteiger partial charge in [-0.25, -0.2) is 10.1 Å². The summed E-state index contributed by atoms with van der Waals surface area (Å²) in [5.74, 6) is 6.89. The molecule has 2 aromatic carbocycles. The fourth-order valence-electron chi connectivity index (χ4n) is 2.64. The third kappa shape index (κ3) is 4.77. The average Bonchev–Trinajstić information content (AvgIpc) is 2.66. The van der Waals surface area contributed by atoms with Gasteiger partial charge in [0.05, 0.1) is 18.5 Å². The molecule has 0 aromatic heterocycles. The maximum absolute atomic E-state index is 13.0. The highest BCUT2D eigenvalue weighted by Gasteiger charge is 2.19. The number of halogens is 1. The van der Waals surface area contributed by atoms with Crippen LogP contribution in [0.3, 0.4) is 0 Å². The van der Waals surface area contributed by atoms with Gasteiger partial charge in [-0.3, -0.25) is 5.01 Å². The van der Waals surface area contributed by atoms with E-state index in [1.165, 1.54) is 10.6 Å². The molecule has 1 unspecified atom stereocenters. The van der Waals surface area contributed by atoms with Crippen LogP contribution in [-0.2, 0) is 16.2 Å². The molecule has 0 saturated heterocycles. The molecule has 0 radical (unpaired) electrons. The molecule has 0 heterocycles. The third-order valence-corrected chi connectivity index (χ3v) is 6.82. The van der Waals surface area contributed by atoms with Crippen LogP contribution >= 0.6 is 15.9 Å². The van der Waals surface area contributed by atoms with Crippen LogP contribution in [0.5, 0.6) is 5.75 Å². The van der Waals surface area contributed by atoms with Crippen LogP contribution in [0.15, 0.2) is 56.5 Å². The number of anilines is 1. The molecule has 0 aliphatic carbocycles. The molecule has 28 heavy (non-hydrogen) atoms. The minimum absolute atomic E-state index is 0.0291. The smallest absolute Gasteiger partial charge is 0.145 e. The predicted octanol–water partition coefficient (Wildman–Crippen LogP) is 4.70. The zero-order valence-electron chi connectivity index (χ0n) is 17.2. The van der Waals surface area contributed by atoms with Crippen LogP contribution < -0.4 is 21.3 Å². The van der Waals surface area contributed by atoms with E-state index in [1.54, 1.807) is 14.0 Å². The highest BCUT2D eigenvalue weighted by atomic mass is 79.9. The first-order valence-electron chi connectivity index (χ1n) is 8.85. The van der Waals surface area contributed by atoms with Gasteiger partial charge in [-0.05, 0) is 54.7 Å². The molecule has 0 aliphatic rings. The lowest BCUT2D eigenvalue weighted by atomic mass is 9.87. The molecule has 0 fully saturated rings. The van der Waals surface area contributed by atoms with E-state index < -0.39 is 10.8 Å². The Hall–Kier alpha value is -1.83. The fourth-order valence-corrected chi connectivity index (χ4v) is 3.97. The first-order valence-corrected chi connectivity index (χ1v) is 10.8. The lowest BCUT2D eigenvalue weighted by molar-refractivity contribution is 0.414. The summed E-state index contributed by atoms with van der Waals surface area (Å²) in [5, 5.41) is 1.61. The van der Waals surface area contributed by atoms with Gasteiger partial charge in [0.2, 0.25) is 0 Å². The van der Waals surface area contributed by atoms with E-state index in [4.69, 9.17) is 16.3 Å². The van der Waals surface area contributed by atoms with Crippen molar-refractivity contribution in [1.82, 2.24) is 0 Å². The summed E-state index contributed by atoms with van der Waals surface area (Å²) in [6.45, 7) is 10.1. The van der Waals surface area contributed by atoms with Crippen molar-refractivity contribution < 1.29 is 8.95 Å². The molecule has 0 saturated carbocycles. The van der Waals surface area contributed by atoms with Gasteiger partial charge in [0.25, 0.3) is 0 Å². The highest BCUT2D eigenvalue weighted by Crippen LogP contribution is 2.34. The molecule has 0 spiro atoms. The Morgan fingerprint density at radius 1 is 1.18 bits per heavy atom. The Morgan fingerprint density at radius 3 is 2.25 bits per heavy atom. The van der Waals surface area contributed by atoms with Gasteiger partial charge in [-0.1, -0.05) is 48.8 Å². The summed E-state index contributed by atoms with van der Waals surface area (Å²) in [5.41, 5.74) is 9.56. The largest absolute Gasteiger partial charge is 0.494 e. The summed E-state index contributed by atoms with van der Waals surface area (Å²) >= 11 is 3.48. The number of hydrogen-bond acceptors (Lipinski definition) is 5. The van der Waals surface area contributed by atoms with Crippen molar-refractivity contribution in [3.8, 4) is 5.75 Å². The molecule has 0 amide bonds. The normalized spacial score (nSPS) is 13.7. The standard InChI is InChI=1S/C21H28BrN3O2S/c1-13-11-18(19(27-6)12-17(13)22)25(24)14(2)20(23)28(26)16-9-7-15(8-10-16)21(3,4)5/h7-12H,23-24H2,1-6H3/b20-14+. The fraction of sp³-hybridized carbons (Fsp3) is 0.333. The number of allylic oxidation sites excluding steroid dienone is 1. The molecular weight excluding hydrogens is 438 g/mol. The Labute approximate surface area is 178 Å². The number of benzene rings is 2. The topological polar surface area (TPSA) is 81.6 Å². The van der Waals surface area contributed by atoms with E-state index >= 15 is 0 Å². The van der Waals surface area contributed by atoms with Crippen molar-refractivity contribution in [3.63, 3.8) is 0 Å². The first-order chi connectivity index (χ1) is 13.0. The van der Waals surface area contributed by atoms with Crippen molar-refractivity contribution in [2.75, 3.05) is 12.1 Å². The molecule has 152 valence electrons. The number of nitrogens with zero attached hydrogens (tertiary/aromatic N) is 1. The molecule has 2 rings (SSSR count). The number of ether oxygens (including phenoxy) is 1. The van der Waals surface area contributed by atoms with E-state index in [1.807, 2.05) is 43.3 Å². The molecule has 0 aliphatic heterocycles. The number of aryl methyl sites for hydroxylation is 1. The van der Waals surface area contributed by atoms with Crippen LogP contribution in [0.2, 0.25) is 0 Å². The van der Waals surface area contributed by atoms with E-state index in [9.17, 15) is 4.21 Å². The van der Waals surface area contributed by atoms with Crippen molar-refractivity contribution in [1.29, 1.82) is 0 Å². The molecule has 4 N–H and O–H groups in total. The number of hydrazine groups is 1. The second kappa shape index (κ2) is 8.68. The average molecular weight is 466 g/mol. The lowest BCUT2D eigenvalue weighted by Crippen LogP contribution is -2.32. The van der Waals surface area contributed by atoms with Gasteiger partial charge < -0.3 is 10.5 Å². The lowest BCUT2D eigenvalue weighted by Gasteiger charge is -2.24. The summed E-state index contributed by atoms with van der Waals surface area (Å²) < 4.78 is 19.3. The van der Waals surface area contributed by atoms with Crippen LogP contribution in [-0.4, -0.2) is 11.3 Å². The van der Waals surface area contributed by atoms with Crippen LogP contribution in [0, 0.1) is 6.92 Å². The Morgan fingerprint density at radius 2 is 1.75 bits per heavy atom. The maximum atomic E-state index is 13.0. The molecule has 2 aromatic rings. The van der Waals surface area contributed by atoms with Crippen LogP contribution in [0.4, 0.5) is 5.69 Å². The summed E-state index contributed by atoms with van der Waals surface area (Å²) in [7, 11) is 0.0549. The number of rotatable bonds is 5. The van der Waals surface area contributed by atoms with Crippen molar-refractivity contribution in [2.24, 2.45) is 11.6 Å². The van der Waals surface area contributed by atoms with Gasteiger partial charge in [0.15, 0.2) is 0 Å². The van der Waals surface area contributed by atoms with E-state index in [0.717, 1.165) is 10.0 Å². The van der Waals surface area contributed by atoms with Gasteiger partial charge in [0, 0.05) is 9.37 Å². The molecule has 5 nitrogen and oxygen atoms in total. The summed E-state index contributed by atoms with van der Waals surface area (Å²) in [6.07, 6.45) is 0. The maximum Gasteiger partial charge on any atom is 0.145 e. The SMILES string of the molecule is COc1cc(Br)c(C)cc1N(N)/C(C)=C(\N)S(=O)c1ccc(C(C)(C)C)cc1. The minimum Gasteiger partial charge on any atom is -0.494 e. The van der Waals surface area contributed by atoms with Crippen LogP contribution in [0.1, 0.15) is 38.8 Å². The molecule has 0 bridgehead atoms. The zero-order valence-corrected chi connectivity index (χ0v) is 19.6. The van der Waals surface area contributed by atoms with E-state index in [0.29, 0.717) is 22.0 Å². The zero-order chi connectivity index (χ0) is 21.2. The number of nitrogens with two attached hydrogens (primary N) is 2. The van der Waals surface area contributed by atoms with Crippen molar-refractivity contribution in [2.45, 2.75) is 44.9 Å². The number of hydrogen-bond donors (Lipinski definition) is 2. The second-order valence-electron chi connectivity index (χ2n) is 7.64. The van der Waals surface area contributed by atoms with E-state index in [-0.39, 0.29) is 10.4 Å². The minimum atomic E-state index is -1.52. The Bertz CT molecular complexity index is 918. The molecular formula is C21H28BrN3O2S. The Kier molecular flexibility index (Phi) is 6.96. The predicted molar refractivity (Wildman–Crippen MR) is 121 cm³/mol. The van der Waals surface area contributed by atoms with Gasteiger partial charge >= 0.3 is 0 Å². The van der Waals surface area contributed by atoms with Crippen molar-refractivity contribution >= 4 is 32.4 Å². The third-order valence-electron chi connectivity index (χ3n) is 4.57. The summed E-state index contributed by atoms with van der Waals surface area (Å²) in [6, 6.07) is 11.4.